The zero-order valence-corrected chi connectivity index (χ0v) is 17.0. The van der Waals surface area contributed by atoms with Crippen LogP contribution in [0.3, 0.4) is 0 Å². The molecule has 136 valence electrons. The number of nitrogens with zero attached hydrogens (tertiary/aromatic N) is 1. The van der Waals surface area contributed by atoms with Crippen LogP contribution in [0.4, 0.5) is 0 Å². The van der Waals surface area contributed by atoms with Gasteiger partial charge in [0.05, 0.1) is 11.9 Å². The largest absolute Gasteiger partial charge is 0.469 e. The van der Waals surface area contributed by atoms with Gasteiger partial charge in [-0.25, -0.2) is 0 Å². The van der Waals surface area contributed by atoms with Gasteiger partial charge < -0.3 is 19.8 Å². The van der Waals surface area contributed by atoms with Gasteiger partial charge in [0.25, 0.3) is 0 Å². The van der Waals surface area contributed by atoms with Crippen LogP contribution in [-0.2, 0) is 11.2 Å². The van der Waals surface area contributed by atoms with Crippen molar-refractivity contribution in [3.05, 3.63) is 24.2 Å². The third-order valence-corrected chi connectivity index (χ3v) is 4.73. The molecule has 6 heteroatoms. The molecule has 2 aliphatic rings. The van der Waals surface area contributed by atoms with Crippen LogP contribution in [0, 0.1) is 0 Å². The maximum atomic E-state index is 6.01. The molecule has 3 rings (SSSR count). The van der Waals surface area contributed by atoms with Crippen molar-refractivity contribution in [1.82, 2.24) is 10.6 Å². The van der Waals surface area contributed by atoms with Crippen LogP contribution in [0.2, 0.25) is 0 Å². The van der Waals surface area contributed by atoms with Crippen LogP contribution in [-0.4, -0.2) is 36.8 Å². The number of aliphatic imine (C=N–C) groups is 1. The van der Waals surface area contributed by atoms with Crippen molar-refractivity contribution in [1.29, 1.82) is 0 Å². The lowest BCUT2D eigenvalue weighted by molar-refractivity contribution is -0.134. The molecule has 0 amide bonds. The standard InChI is InChI=1S/C18H29N3O2.HI/c1-14(2)20-17(19-10-6-16-5-3-11-22-16)21-15-7-12-23-18(13-15)8-4-9-18;/h3,5,11,14-15H,4,6-10,12-13H2,1-2H3,(H2,19,20,21);1H. The number of halogens is 1. The Kier molecular flexibility index (Phi) is 7.40. The van der Waals surface area contributed by atoms with Crippen LogP contribution >= 0.6 is 24.0 Å². The van der Waals surface area contributed by atoms with Crippen LogP contribution in [0.15, 0.2) is 27.8 Å². The predicted molar refractivity (Wildman–Crippen MR) is 107 cm³/mol. The lowest BCUT2D eigenvalue weighted by Crippen LogP contribution is -2.54. The van der Waals surface area contributed by atoms with E-state index in [1.54, 1.807) is 6.26 Å². The molecule has 2 N–H and O–H groups in total. The Hall–Kier alpha value is -0.760. The molecule has 5 nitrogen and oxygen atoms in total. The summed E-state index contributed by atoms with van der Waals surface area (Å²) in [4.78, 5) is 4.72. The van der Waals surface area contributed by atoms with Crippen molar-refractivity contribution < 1.29 is 9.15 Å². The summed E-state index contributed by atoms with van der Waals surface area (Å²) in [6.07, 6.45) is 8.44. The van der Waals surface area contributed by atoms with E-state index in [1.807, 2.05) is 12.1 Å². The Labute approximate surface area is 162 Å². The lowest BCUT2D eigenvalue weighted by atomic mass is 9.74. The number of rotatable bonds is 5. The summed E-state index contributed by atoms with van der Waals surface area (Å²) in [6.45, 7) is 5.87. The smallest absolute Gasteiger partial charge is 0.191 e. The quantitative estimate of drug-likeness (QED) is 0.412. The lowest BCUT2D eigenvalue weighted by Gasteiger charge is -2.47. The maximum Gasteiger partial charge on any atom is 0.191 e. The van der Waals surface area contributed by atoms with E-state index in [4.69, 9.17) is 14.1 Å². The van der Waals surface area contributed by atoms with E-state index < -0.39 is 0 Å². The molecule has 1 saturated carbocycles. The van der Waals surface area contributed by atoms with Gasteiger partial charge in [0, 0.05) is 31.7 Å². The first kappa shape index (κ1) is 19.6. The summed E-state index contributed by atoms with van der Waals surface area (Å²) >= 11 is 0. The molecule has 1 unspecified atom stereocenters. The molecule has 0 radical (unpaired) electrons. The molecule has 1 aliphatic heterocycles. The fraction of sp³-hybridized carbons (Fsp3) is 0.722. The molecular formula is C18H30IN3O2. The number of guanidine groups is 1. The van der Waals surface area contributed by atoms with Crippen LogP contribution < -0.4 is 10.6 Å². The van der Waals surface area contributed by atoms with Crippen molar-refractivity contribution >= 4 is 29.9 Å². The van der Waals surface area contributed by atoms with E-state index in [-0.39, 0.29) is 29.6 Å². The average Bonchev–Trinajstić information content (AvgIpc) is 2.98. The molecule has 2 heterocycles. The molecule has 0 aromatic carbocycles. The molecule has 1 aromatic rings. The van der Waals surface area contributed by atoms with E-state index in [0.29, 0.717) is 12.1 Å². The first-order valence-electron chi connectivity index (χ1n) is 8.89. The summed E-state index contributed by atoms with van der Waals surface area (Å²) in [5.41, 5.74) is 0.160. The number of hydrogen-bond donors (Lipinski definition) is 2. The van der Waals surface area contributed by atoms with Gasteiger partial charge in [0.15, 0.2) is 5.96 Å². The molecule has 24 heavy (non-hydrogen) atoms. The molecule has 1 atom stereocenters. The fourth-order valence-corrected chi connectivity index (χ4v) is 3.40. The second-order valence-electron chi connectivity index (χ2n) is 7.08. The number of nitrogens with one attached hydrogen (secondary N) is 2. The fourth-order valence-electron chi connectivity index (χ4n) is 3.40. The number of ether oxygens (including phenoxy) is 1. The third kappa shape index (κ3) is 5.37. The van der Waals surface area contributed by atoms with Crippen molar-refractivity contribution in [2.75, 3.05) is 13.2 Å². The van der Waals surface area contributed by atoms with Gasteiger partial charge >= 0.3 is 0 Å². The molecule has 2 fully saturated rings. The van der Waals surface area contributed by atoms with Crippen molar-refractivity contribution in [2.45, 2.75) is 70.1 Å². The SMILES string of the molecule is CC(C)NC(=NCCc1ccco1)NC1CCOC2(CCC2)C1.I. The van der Waals surface area contributed by atoms with Gasteiger partial charge in [0.1, 0.15) is 5.76 Å². The van der Waals surface area contributed by atoms with E-state index in [0.717, 1.165) is 44.1 Å². The van der Waals surface area contributed by atoms with Gasteiger partial charge in [-0.05, 0) is 58.1 Å². The summed E-state index contributed by atoms with van der Waals surface area (Å²) in [5.74, 6) is 1.89. The van der Waals surface area contributed by atoms with E-state index in [1.165, 1.54) is 19.3 Å². The Balaban J connectivity index is 0.00000208. The topological polar surface area (TPSA) is 58.8 Å². The van der Waals surface area contributed by atoms with E-state index in [2.05, 4.69) is 24.5 Å². The maximum absolute atomic E-state index is 6.01. The first-order chi connectivity index (χ1) is 11.2. The van der Waals surface area contributed by atoms with Crippen LogP contribution in [0.25, 0.3) is 0 Å². The molecule has 1 spiro atoms. The van der Waals surface area contributed by atoms with Crippen molar-refractivity contribution in [2.24, 2.45) is 4.99 Å². The summed E-state index contributed by atoms with van der Waals surface area (Å²) in [5, 5.41) is 7.06. The summed E-state index contributed by atoms with van der Waals surface area (Å²) in [7, 11) is 0. The van der Waals surface area contributed by atoms with E-state index in [9.17, 15) is 0 Å². The normalized spacial score (nSPS) is 22.8. The Morgan fingerprint density at radius 3 is 2.88 bits per heavy atom. The molecule has 1 aliphatic carbocycles. The summed E-state index contributed by atoms with van der Waals surface area (Å²) in [6, 6.07) is 4.74. The highest BCUT2D eigenvalue weighted by Crippen LogP contribution is 2.42. The van der Waals surface area contributed by atoms with Gasteiger partial charge in [0.2, 0.25) is 0 Å². The van der Waals surface area contributed by atoms with Crippen molar-refractivity contribution in [3.63, 3.8) is 0 Å². The van der Waals surface area contributed by atoms with Crippen molar-refractivity contribution in [3.8, 4) is 0 Å². The second-order valence-corrected chi connectivity index (χ2v) is 7.08. The van der Waals surface area contributed by atoms with Gasteiger partial charge in [-0.15, -0.1) is 24.0 Å². The highest BCUT2D eigenvalue weighted by molar-refractivity contribution is 14.0. The Bertz CT molecular complexity index is 512. The van der Waals surface area contributed by atoms with Gasteiger partial charge in [-0.1, -0.05) is 0 Å². The molecular weight excluding hydrogens is 417 g/mol. The first-order valence-corrected chi connectivity index (χ1v) is 8.89. The Morgan fingerprint density at radius 1 is 1.42 bits per heavy atom. The Morgan fingerprint density at radius 2 is 2.25 bits per heavy atom. The molecule has 0 bridgehead atoms. The van der Waals surface area contributed by atoms with Crippen LogP contribution in [0.5, 0.6) is 0 Å². The minimum absolute atomic E-state index is 0. The van der Waals surface area contributed by atoms with Gasteiger partial charge in [-0.2, -0.15) is 0 Å². The van der Waals surface area contributed by atoms with Crippen LogP contribution in [0.1, 0.15) is 51.7 Å². The molecule has 1 aromatic heterocycles. The highest BCUT2D eigenvalue weighted by Gasteiger charge is 2.42. The summed E-state index contributed by atoms with van der Waals surface area (Å²) < 4.78 is 11.4. The highest BCUT2D eigenvalue weighted by atomic mass is 127. The minimum atomic E-state index is 0. The zero-order chi connectivity index (χ0) is 16.1. The minimum Gasteiger partial charge on any atom is -0.469 e. The van der Waals surface area contributed by atoms with E-state index >= 15 is 0 Å². The monoisotopic (exact) mass is 447 g/mol. The zero-order valence-electron chi connectivity index (χ0n) is 14.7. The average molecular weight is 447 g/mol. The number of hydrogen-bond acceptors (Lipinski definition) is 3. The molecule has 1 saturated heterocycles. The number of furan rings is 1. The van der Waals surface area contributed by atoms with Gasteiger partial charge in [-0.3, -0.25) is 4.99 Å². The third-order valence-electron chi connectivity index (χ3n) is 4.73. The predicted octanol–water partition coefficient (Wildman–Crippen LogP) is 3.49. The second kappa shape index (κ2) is 9.08.